The van der Waals surface area contributed by atoms with Gasteiger partial charge in [-0.15, -0.1) is 0 Å². The van der Waals surface area contributed by atoms with Crippen LogP contribution >= 0.6 is 0 Å². The number of aliphatic imine (C=N–C) groups is 1. The largest absolute Gasteiger partial charge is 0.451 e. The van der Waals surface area contributed by atoms with Crippen molar-refractivity contribution in [2.24, 2.45) is 4.99 Å². The average molecular weight is 472 g/mol. The fourth-order valence-electron chi connectivity index (χ4n) is 3.71. The number of esters is 1. The summed E-state index contributed by atoms with van der Waals surface area (Å²) in [6, 6.07) is 17.7. The zero-order chi connectivity index (χ0) is 25.5. The van der Waals surface area contributed by atoms with Crippen molar-refractivity contribution in [1.29, 1.82) is 0 Å². The molecule has 1 unspecified atom stereocenters. The number of unbranched alkanes of at least 4 members (excludes halogenated alkanes) is 3. The van der Waals surface area contributed by atoms with E-state index in [1.807, 2.05) is 49.5 Å². The molecule has 0 aromatic heterocycles. The lowest BCUT2D eigenvalue weighted by Crippen LogP contribution is -2.29. The number of hydrogen-bond donors (Lipinski definition) is 0. The van der Waals surface area contributed by atoms with Crippen LogP contribution in [0.25, 0.3) is 6.08 Å². The van der Waals surface area contributed by atoms with Crippen molar-refractivity contribution in [2.75, 3.05) is 0 Å². The maximum absolute atomic E-state index is 13.1. The predicted molar refractivity (Wildman–Crippen MR) is 150 cm³/mol. The molecule has 0 saturated carbocycles. The highest BCUT2D eigenvalue weighted by Crippen LogP contribution is 2.26. The number of carbonyl (C=O) groups excluding carboxylic acids is 1. The standard InChI is InChI=1S/C32H41NO2/c1-6-8-9-11-20-28(24-27-18-12-10-13-19-27)25-33-30-22-15-14-21-29(30)31(34)35-32(5,7-2)23-16-17-26(3)4/h7,10,12-15,17-19,21-22,24-25H,2,6,8-9,11,16,20,23H2,1,3-5H3/b28-24+,33-25?. The van der Waals surface area contributed by atoms with Gasteiger partial charge >= 0.3 is 5.97 Å². The van der Waals surface area contributed by atoms with Crippen molar-refractivity contribution >= 4 is 23.9 Å². The van der Waals surface area contributed by atoms with E-state index in [1.54, 1.807) is 12.1 Å². The Balaban J connectivity index is 2.23. The third-order valence-corrected chi connectivity index (χ3v) is 5.92. The van der Waals surface area contributed by atoms with Crippen LogP contribution in [0.2, 0.25) is 0 Å². The Kier molecular flexibility index (Phi) is 12.0. The van der Waals surface area contributed by atoms with Gasteiger partial charge in [-0.05, 0) is 75.8 Å². The first kappa shape index (κ1) is 28.0. The zero-order valence-corrected chi connectivity index (χ0v) is 21.9. The van der Waals surface area contributed by atoms with Crippen molar-refractivity contribution < 1.29 is 9.53 Å². The molecule has 0 aliphatic carbocycles. The molecule has 0 aliphatic heterocycles. The van der Waals surface area contributed by atoms with Gasteiger partial charge in [-0.2, -0.15) is 0 Å². The third kappa shape index (κ3) is 10.3. The number of carbonyl (C=O) groups is 1. The van der Waals surface area contributed by atoms with Crippen molar-refractivity contribution in [3.63, 3.8) is 0 Å². The smallest absolute Gasteiger partial charge is 0.341 e. The molecule has 0 radical (unpaired) electrons. The van der Waals surface area contributed by atoms with E-state index in [9.17, 15) is 4.79 Å². The molecule has 1 atom stereocenters. The van der Waals surface area contributed by atoms with E-state index < -0.39 is 5.60 Å². The summed E-state index contributed by atoms with van der Waals surface area (Å²) in [5.41, 5.74) is 3.88. The van der Waals surface area contributed by atoms with Gasteiger partial charge in [0.2, 0.25) is 0 Å². The van der Waals surface area contributed by atoms with E-state index in [1.165, 1.54) is 24.8 Å². The van der Waals surface area contributed by atoms with Gasteiger partial charge in [0, 0.05) is 6.21 Å². The van der Waals surface area contributed by atoms with Crippen LogP contribution in [0.4, 0.5) is 5.69 Å². The number of hydrogen-bond acceptors (Lipinski definition) is 3. The number of allylic oxidation sites excluding steroid dienone is 3. The highest BCUT2D eigenvalue weighted by molar-refractivity contribution is 5.97. The summed E-state index contributed by atoms with van der Waals surface area (Å²) >= 11 is 0. The number of ether oxygens (including phenoxy) is 1. The Morgan fingerprint density at radius 2 is 1.74 bits per heavy atom. The summed E-state index contributed by atoms with van der Waals surface area (Å²) in [7, 11) is 0. The van der Waals surface area contributed by atoms with Gasteiger partial charge in [-0.1, -0.05) is 93.0 Å². The number of nitrogens with zero attached hydrogens (tertiary/aromatic N) is 1. The first-order chi connectivity index (χ1) is 16.9. The molecule has 3 nitrogen and oxygen atoms in total. The monoisotopic (exact) mass is 471 g/mol. The van der Waals surface area contributed by atoms with Crippen LogP contribution < -0.4 is 0 Å². The lowest BCUT2D eigenvalue weighted by Gasteiger charge is -2.26. The van der Waals surface area contributed by atoms with Gasteiger partial charge in [0.1, 0.15) is 5.60 Å². The summed E-state index contributed by atoms with van der Waals surface area (Å²) in [6.45, 7) is 12.2. The summed E-state index contributed by atoms with van der Waals surface area (Å²) in [5.74, 6) is -0.381. The Hall–Kier alpha value is -3.20. The van der Waals surface area contributed by atoms with E-state index in [0.29, 0.717) is 17.7 Å². The highest BCUT2D eigenvalue weighted by atomic mass is 16.6. The molecular weight excluding hydrogens is 430 g/mol. The minimum Gasteiger partial charge on any atom is -0.451 e. The summed E-state index contributed by atoms with van der Waals surface area (Å²) in [4.78, 5) is 17.9. The van der Waals surface area contributed by atoms with Crippen LogP contribution in [-0.2, 0) is 4.74 Å². The molecule has 2 aromatic rings. The minimum absolute atomic E-state index is 0.381. The molecule has 186 valence electrons. The molecule has 0 aliphatic rings. The third-order valence-electron chi connectivity index (χ3n) is 5.92. The topological polar surface area (TPSA) is 38.7 Å². The molecule has 0 bridgehead atoms. The molecule has 0 fully saturated rings. The molecular formula is C32H41NO2. The Bertz CT molecular complexity index is 1030. The molecule has 0 N–H and O–H groups in total. The number of rotatable bonds is 14. The molecule has 0 amide bonds. The van der Waals surface area contributed by atoms with E-state index >= 15 is 0 Å². The van der Waals surface area contributed by atoms with Crippen molar-refractivity contribution in [2.45, 2.75) is 78.2 Å². The maximum atomic E-state index is 13.1. The van der Waals surface area contributed by atoms with Gasteiger partial charge in [0.25, 0.3) is 0 Å². The lowest BCUT2D eigenvalue weighted by atomic mass is 9.99. The van der Waals surface area contributed by atoms with Gasteiger partial charge < -0.3 is 4.74 Å². The second kappa shape index (κ2) is 14.9. The molecule has 0 heterocycles. The average Bonchev–Trinajstić information content (AvgIpc) is 2.85. The Labute approximate surface area is 212 Å². The van der Waals surface area contributed by atoms with Crippen LogP contribution in [0.15, 0.2) is 89.5 Å². The van der Waals surface area contributed by atoms with Crippen LogP contribution in [0.5, 0.6) is 0 Å². The van der Waals surface area contributed by atoms with Gasteiger partial charge in [-0.25, -0.2) is 4.79 Å². The molecule has 0 spiro atoms. The Morgan fingerprint density at radius 3 is 2.43 bits per heavy atom. The second-order valence-corrected chi connectivity index (χ2v) is 9.44. The van der Waals surface area contributed by atoms with E-state index in [2.05, 4.69) is 51.6 Å². The SMILES string of the molecule is C=CC(C)(CCC=C(C)C)OC(=O)c1ccccc1N=C/C(=C/c1ccccc1)CCCCCC. The normalized spacial score (nSPS) is 13.3. The van der Waals surface area contributed by atoms with E-state index in [0.717, 1.165) is 30.4 Å². The minimum atomic E-state index is -0.739. The molecule has 2 aromatic carbocycles. The zero-order valence-electron chi connectivity index (χ0n) is 21.9. The lowest BCUT2D eigenvalue weighted by molar-refractivity contribution is 0.00845. The van der Waals surface area contributed by atoms with Crippen LogP contribution in [-0.4, -0.2) is 17.8 Å². The maximum Gasteiger partial charge on any atom is 0.341 e. The predicted octanol–water partition coefficient (Wildman–Crippen LogP) is 9.29. The van der Waals surface area contributed by atoms with Gasteiger partial charge in [0.15, 0.2) is 0 Å². The number of para-hydroxylation sites is 1. The van der Waals surface area contributed by atoms with Gasteiger partial charge in [0.05, 0.1) is 11.3 Å². The quantitative estimate of drug-likeness (QED) is 0.119. The molecule has 2 rings (SSSR count). The number of benzene rings is 2. The van der Waals surface area contributed by atoms with Crippen LogP contribution in [0.3, 0.4) is 0 Å². The highest BCUT2D eigenvalue weighted by Gasteiger charge is 2.26. The van der Waals surface area contributed by atoms with Crippen LogP contribution in [0.1, 0.15) is 88.6 Å². The van der Waals surface area contributed by atoms with Crippen molar-refractivity contribution in [3.8, 4) is 0 Å². The molecule has 35 heavy (non-hydrogen) atoms. The van der Waals surface area contributed by atoms with E-state index in [-0.39, 0.29) is 5.97 Å². The van der Waals surface area contributed by atoms with E-state index in [4.69, 9.17) is 9.73 Å². The first-order valence-corrected chi connectivity index (χ1v) is 12.8. The summed E-state index contributed by atoms with van der Waals surface area (Å²) in [6.07, 6.45) is 15.1. The first-order valence-electron chi connectivity index (χ1n) is 12.8. The Morgan fingerprint density at radius 1 is 1.03 bits per heavy atom. The molecule has 3 heteroatoms. The summed E-state index contributed by atoms with van der Waals surface area (Å²) in [5, 5.41) is 0. The van der Waals surface area contributed by atoms with Crippen molar-refractivity contribution in [3.05, 3.63) is 95.6 Å². The van der Waals surface area contributed by atoms with Gasteiger partial charge in [-0.3, -0.25) is 4.99 Å². The van der Waals surface area contributed by atoms with Crippen LogP contribution in [0, 0.1) is 0 Å². The fourth-order valence-corrected chi connectivity index (χ4v) is 3.71. The molecule has 0 saturated heterocycles. The summed E-state index contributed by atoms with van der Waals surface area (Å²) < 4.78 is 5.92. The van der Waals surface area contributed by atoms with Crippen molar-refractivity contribution in [1.82, 2.24) is 0 Å². The fraction of sp³-hybridized carbons (Fsp3) is 0.375. The second-order valence-electron chi connectivity index (χ2n) is 9.44.